The minimum absolute atomic E-state index is 0.436. The van der Waals surface area contributed by atoms with Crippen molar-refractivity contribution in [3.63, 3.8) is 0 Å². The molecule has 0 bridgehead atoms. The lowest BCUT2D eigenvalue weighted by Gasteiger charge is -2.21. The Labute approximate surface area is 103 Å². The van der Waals surface area contributed by atoms with E-state index in [-0.39, 0.29) is 0 Å². The van der Waals surface area contributed by atoms with Crippen LogP contribution in [0.25, 0.3) is 11.4 Å². The number of hydrogen-bond acceptors (Lipinski definition) is 6. The van der Waals surface area contributed by atoms with E-state index in [9.17, 15) is 0 Å². The van der Waals surface area contributed by atoms with E-state index in [1.54, 1.807) is 12.5 Å². The van der Waals surface area contributed by atoms with E-state index in [4.69, 9.17) is 8.94 Å². The molecule has 1 aliphatic rings. The third-order valence-corrected chi connectivity index (χ3v) is 3.80. The van der Waals surface area contributed by atoms with E-state index in [0.717, 1.165) is 24.3 Å². The summed E-state index contributed by atoms with van der Waals surface area (Å²) >= 11 is 1.96. The van der Waals surface area contributed by atoms with Crippen molar-refractivity contribution in [3.8, 4) is 11.4 Å². The molecule has 3 rings (SSSR count). The quantitative estimate of drug-likeness (QED) is 0.893. The fourth-order valence-electron chi connectivity index (χ4n) is 1.81. The second-order valence-corrected chi connectivity index (χ2v) is 5.10. The summed E-state index contributed by atoms with van der Waals surface area (Å²) in [7, 11) is 0. The molecule has 2 aromatic heterocycles. The molecule has 0 aliphatic carbocycles. The van der Waals surface area contributed by atoms with Crippen LogP contribution in [0.5, 0.6) is 0 Å². The number of aromatic nitrogens is 2. The SMILES string of the molecule is c1cc(-c2noc(CC3CSCCN3)n2)co1. The average Bonchev–Trinajstić information content (AvgIpc) is 3.00. The standard InChI is InChI=1S/C11H13N3O2S/c1-3-15-6-8(1)11-13-10(16-14-11)5-9-7-17-4-2-12-9/h1,3,6,9,12H,2,4-5,7H2. The monoisotopic (exact) mass is 251 g/mol. The maximum absolute atomic E-state index is 5.24. The van der Waals surface area contributed by atoms with E-state index in [1.165, 1.54) is 5.75 Å². The highest BCUT2D eigenvalue weighted by molar-refractivity contribution is 7.99. The molecular formula is C11H13N3O2S. The van der Waals surface area contributed by atoms with E-state index in [2.05, 4.69) is 15.5 Å². The number of thioether (sulfide) groups is 1. The van der Waals surface area contributed by atoms with Crippen LogP contribution in [0.4, 0.5) is 0 Å². The van der Waals surface area contributed by atoms with Crippen LogP contribution in [0.3, 0.4) is 0 Å². The number of furan rings is 1. The lowest BCUT2D eigenvalue weighted by molar-refractivity contribution is 0.363. The number of nitrogens with zero attached hydrogens (tertiary/aromatic N) is 2. The van der Waals surface area contributed by atoms with Crippen LogP contribution in [0.15, 0.2) is 27.5 Å². The predicted molar refractivity (Wildman–Crippen MR) is 64.8 cm³/mol. The molecule has 1 saturated heterocycles. The minimum atomic E-state index is 0.436. The first-order valence-corrected chi connectivity index (χ1v) is 6.73. The van der Waals surface area contributed by atoms with Crippen molar-refractivity contribution < 1.29 is 8.94 Å². The van der Waals surface area contributed by atoms with Gasteiger partial charge in [0, 0.05) is 30.5 Å². The van der Waals surface area contributed by atoms with Crippen LogP contribution in [0.2, 0.25) is 0 Å². The molecular weight excluding hydrogens is 238 g/mol. The van der Waals surface area contributed by atoms with E-state index < -0.39 is 0 Å². The molecule has 1 atom stereocenters. The van der Waals surface area contributed by atoms with Gasteiger partial charge in [-0.2, -0.15) is 16.7 Å². The van der Waals surface area contributed by atoms with Crippen LogP contribution in [0, 0.1) is 0 Å². The Balaban J connectivity index is 1.68. The van der Waals surface area contributed by atoms with E-state index >= 15 is 0 Å². The van der Waals surface area contributed by atoms with Gasteiger partial charge in [0.2, 0.25) is 11.7 Å². The molecule has 1 unspecified atom stereocenters. The van der Waals surface area contributed by atoms with E-state index in [0.29, 0.717) is 17.8 Å². The molecule has 5 nitrogen and oxygen atoms in total. The first-order valence-electron chi connectivity index (χ1n) is 5.58. The molecule has 0 amide bonds. The topological polar surface area (TPSA) is 64.1 Å². The van der Waals surface area contributed by atoms with Crippen molar-refractivity contribution in [1.29, 1.82) is 0 Å². The number of hydrogen-bond donors (Lipinski definition) is 1. The molecule has 17 heavy (non-hydrogen) atoms. The number of nitrogens with one attached hydrogen (secondary N) is 1. The van der Waals surface area contributed by atoms with Crippen molar-refractivity contribution in [1.82, 2.24) is 15.5 Å². The summed E-state index contributed by atoms with van der Waals surface area (Å²) in [6.45, 7) is 1.05. The smallest absolute Gasteiger partial charge is 0.228 e. The van der Waals surface area contributed by atoms with Gasteiger partial charge in [0.05, 0.1) is 11.8 Å². The first kappa shape index (κ1) is 10.9. The first-order chi connectivity index (χ1) is 8.42. The number of rotatable bonds is 3. The Morgan fingerprint density at radius 2 is 2.53 bits per heavy atom. The third kappa shape index (κ3) is 2.53. The Kier molecular flexibility index (Phi) is 3.15. The molecule has 3 heterocycles. The lowest BCUT2D eigenvalue weighted by atomic mass is 10.2. The van der Waals surface area contributed by atoms with Crippen LogP contribution in [-0.4, -0.2) is 34.2 Å². The van der Waals surface area contributed by atoms with Crippen LogP contribution >= 0.6 is 11.8 Å². The van der Waals surface area contributed by atoms with Gasteiger partial charge in [0.1, 0.15) is 6.26 Å². The van der Waals surface area contributed by atoms with Gasteiger partial charge in [0.15, 0.2) is 0 Å². The molecule has 1 fully saturated rings. The Morgan fingerprint density at radius 1 is 1.53 bits per heavy atom. The molecule has 2 aromatic rings. The zero-order valence-corrected chi connectivity index (χ0v) is 10.1. The zero-order valence-electron chi connectivity index (χ0n) is 9.26. The third-order valence-electron chi connectivity index (χ3n) is 2.67. The summed E-state index contributed by atoms with van der Waals surface area (Å²) in [6, 6.07) is 2.26. The maximum atomic E-state index is 5.24. The van der Waals surface area contributed by atoms with Crippen LogP contribution < -0.4 is 5.32 Å². The minimum Gasteiger partial charge on any atom is -0.472 e. The Bertz CT molecular complexity index is 463. The second kappa shape index (κ2) is 4.93. The average molecular weight is 251 g/mol. The van der Waals surface area contributed by atoms with Crippen molar-refractivity contribution >= 4 is 11.8 Å². The van der Waals surface area contributed by atoms with Gasteiger partial charge in [-0.05, 0) is 6.07 Å². The Hall–Kier alpha value is -1.27. The molecule has 0 spiro atoms. The highest BCUT2D eigenvalue weighted by atomic mass is 32.2. The zero-order chi connectivity index (χ0) is 11.5. The van der Waals surface area contributed by atoms with Gasteiger partial charge in [-0.15, -0.1) is 0 Å². The van der Waals surface area contributed by atoms with Crippen molar-refractivity contribution in [3.05, 3.63) is 24.5 Å². The fourth-order valence-corrected chi connectivity index (χ4v) is 2.76. The highest BCUT2D eigenvalue weighted by Gasteiger charge is 2.17. The summed E-state index contributed by atoms with van der Waals surface area (Å²) in [5, 5.41) is 7.39. The van der Waals surface area contributed by atoms with Gasteiger partial charge in [-0.25, -0.2) is 0 Å². The highest BCUT2D eigenvalue weighted by Crippen LogP contribution is 2.17. The molecule has 0 aromatic carbocycles. The maximum Gasteiger partial charge on any atom is 0.228 e. The van der Waals surface area contributed by atoms with Crippen LogP contribution in [0.1, 0.15) is 5.89 Å². The van der Waals surface area contributed by atoms with E-state index in [1.807, 2.05) is 17.8 Å². The summed E-state index contributed by atoms with van der Waals surface area (Å²) in [5.41, 5.74) is 0.853. The summed E-state index contributed by atoms with van der Waals surface area (Å²) < 4.78 is 10.2. The molecule has 90 valence electrons. The second-order valence-electron chi connectivity index (χ2n) is 3.95. The molecule has 0 saturated carbocycles. The van der Waals surface area contributed by atoms with Crippen molar-refractivity contribution in [2.75, 3.05) is 18.1 Å². The molecule has 0 radical (unpaired) electrons. The van der Waals surface area contributed by atoms with Gasteiger partial charge in [-0.1, -0.05) is 5.16 Å². The molecule has 1 aliphatic heterocycles. The fraction of sp³-hybridized carbons (Fsp3) is 0.455. The molecule has 6 heteroatoms. The van der Waals surface area contributed by atoms with Crippen LogP contribution in [-0.2, 0) is 6.42 Å². The lowest BCUT2D eigenvalue weighted by Crippen LogP contribution is -2.38. The molecule has 1 N–H and O–H groups in total. The summed E-state index contributed by atoms with van der Waals surface area (Å²) in [6.07, 6.45) is 4.01. The van der Waals surface area contributed by atoms with Gasteiger partial charge < -0.3 is 14.3 Å². The van der Waals surface area contributed by atoms with Crippen molar-refractivity contribution in [2.24, 2.45) is 0 Å². The normalized spacial score (nSPS) is 20.6. The predicted octanol–water partition coefficient (Wildman–Crippen LogP) is 1.58. The van der Waals surface area contributed by atoms with Crippen molar-refractivity contribution in [2.45, 2.75) is 12.5 Å². The van der Waals surface area contributed by atoms with Gasteiger partial charge in [0.25, 0.3) is 0 Å². The Morgan fingerprint density at radius 3 is 3.29 bits per heavy atom. The largest absolute Gasteiger partial charge is 0.472 e. The van der Waals surface area contributed by atoms with Gasteiger partial charge in [-0.3, -0.25) is 0 Å². The summed E-state index contributed by atoms with van der Waals surface area (Å²) in [5.74, 6) is 3.56. The summed E-state index contributed by atoms with van der Waals surface area (Å²) in [4.78, 5) is 4.36. The van der Waals surface area contributed by atoms with Gasteiger partial charge >= 0.3 is 0 Å².